The molecule has 0 N–H and O–H groups in total. The van der Waals surface area contributed by atoms with Gasteiger partial charge < -0.3 is 0 Å². The fourth-order valence-corrected chi connectivity index (χ4v) is 2.54. The first-order valence-corrected chi connectivity index (χ1v) is 7.06. The fourth-order valence-electron chi connectivity index (χ4n) is 1.43. The van der Waals surface area contributed by atoms with Crippen LogP contribution in [-0.4, -0.2) is 21.0 Å². The van der Waals surface area contributed by atoms with E-state index in [-0.39, 0.29) is 11.0 Å². The van der Waals surface area contributed by atoms with Crippen LogP contribution in [0.5, 0.6) is 0 Å². The highest BCUT2D eigenvalue weighted by atomic mass is 79.9. The van der Waals surface area contributed by atoms with Crippen LogP contribution in [0.2, 0.25) is 0 Å². The third kappa shape index (κ3) is 3.40. The number of halogens is 1. The minimum absolute atomic E-state index is 0.0955. The summed E-state index contributed by atoms with van der Waals surface area (Å²) in [5.74, 6) is 0.0955. The lowest BCUT2D eigenvalue weighted by Gasteiger charge is -2.09. The minimum atomic E-state index is -0.178. The maximum atomic E-state index is 12.2. The van der Waals surface area contributed by atoms with E-state index in [0.29, 0.717) is 5.56 Å². The van der Waals surface area contributed by atoms with Crippen LogP contribution in [-0.2, 0) is 0 Å². The van der Waals surface area contributed by atoms with Crippen molar-refractivity contribution in [2.45, 2.75) is 17.2 Å². The molecular formula is C13H11BrN2OS. The van der Waals surface area contributed by atoms with E-state index in [1.807, 2.05) is 31.2 Å². The Kier molecular flexibility index (Phi) is 4.49. The van der Waals surface area contributed by atoms with E-state index < -0.39 is 0 Å². The Bertz CT molecular complexity index is 530. The van der Waals surface area contributed by atoms with Gasteiger partial charge in [0.25, 0.3) is 0 Å². The van der Waals surface area contributed by atoms with Crippen LogP contribution in [0.4, 0.5) is 0 Å². The topological polar surface area (TPSA) is 42.9 Å². The number of hydrogen-bond donors (Lipinski definition) is 0. The zero-order chi connectivity index (χ0) is 13.0. The summed E-state index contributed by atoms with van der Waals surface area (Å²) in [6, 6.07) is 7.38. The van der Waals surface area contributed by atoms with Gasteiger partial charge in [-0.3, -0.25) is 9.78 Å². The van der Waals surface area contributed by atoms with Gasteiger partial charge in [-0.25, -0.2) is 4.98 Å². The molecule has 18 heavy (non-hydrogen) atoms. The van der Waals surface area contributed by atoms with Crippen molar-refractivity contribution in [1.82, 2.24) is 9.97 Å². The lowest BCUT2D eigenvalue weighted by molar-refractivity contribution is 0.0994. The smallest absolute Gasteiger partial charge is 0.175 e. The molecule has 5 heteroatoms. The van der Waals surface area contributed by atoms with Crippen molar-refractivity contribution in [3.05, 3.63) is 52.9 Å². The quantitative estimate of drug-likeness (QED) is 0.637. The van der Waals surface area contributed by atoms with Gasteiger partial charge in [-0.15, -0.1) is 0 Å². The molecule has 0 saturated carbocycles. The third-order valence-electron chi connectivity index (χ3n) is 2.33. The lowest BCUT2D eigenvalue weighted by Crippen LogP contribution is -2.13. The Morgan fingerprint density at radius 3 is 2.61 bits per heavy atom. The number of ketones is 1. The van der Waals surface area contributed by atoms with E-state index in [1.54, 1.807) is 18.6 Å². The Labute approximate surface area is 118 Å². The zero-order valence-corrected chi connectivity index (χ0v) is 12.1. The number of thioether (sulfide) groups is 1. The largest absolute Gasteiger partial charge is 0.293 e. The second-order valence-corrected chi connectivity index (χ2v) is 5.95. The second-order valence-electron chi connectivity index (χ2n) is 3.67. The summed E-state index contributed by atoms with van der Waals surface area (Å²) >= 11 is 4.77. The van der Waals surface area contributed by atoms with Crippen LogP contribution in [0.1, 0.15) is 17.3 Å². The first-order valence-electron chi connectivity index (χ1n) is 5.39. The van der Waals surface area contributed by atoms with Gasteiger partial charge in [-0.05, 0) is 19.1 Å². The Hall–Kier alpha value is -1.20. The molecule has 3 nitrogen and oxygen atoms in total. The van der Waals surface area contributed by atoms with Crippen molar-refractivity contribution in [1.29, 1.82) is 0 Å². The molecule has 0 radical (unpaired) electrons. The van der Waals surface area contributed by atoms with Crippen LogP contribution in [0.15, 0.2) is 52.4 Å². The van der Waals surface area contributed by atoms with Gasteiger partial charge in [0.05, 0.1) is 11.4 Å². The molecule has 0 fully saturated rings. The molecule has 0 spiro atoms. The number of carbonyl (C=O) groups is 1. The van der Waals surface area contributed by atoms with E-state index >= 15 is 0 Å². The highest BCUT2D eigenvalue weighted by Gasteiger charge is 2.16. The van der Waals surface area contributed by atoms with Crippen molar-refractivity contribution in [3.8, 4) is 0 Å². The molecule has 1 atom stereocenters. The molecule has 0 aliphatic carbocycles. The van der Waals surface area contributed by atoms with Crippen LogP contribution < -0.4 is 0 Å². The third-order valence-corrected chi connectivity index (χ3v) is 3.88. The van der Waals surface area contributed by atoms with Gasteiger partial charge in [0.15, 0.2) is 5.78 Å². The molecule has 0 amide bonds. The molecular weight excluding hydrogens is 312 g/mol. The van der Waals surface area contributed by atoms with Gasteiger partial charge >= 0.3 is 0 Å². The molecule has 1 unspecified atom stereocenters. The molecule has 92 valence electrons. The number of rotatable bonds is 4. The molecule has 0 bridgehead atoms. The maximum Gasteiger partial charge on any atom is 0.175 e. The number of Topliss-reactive ketones (excluding diaryl/α,β-unsaturated/α-hetero) is 1. The molecule has 1 heterocycles. The minimum Gasteiger partial charge on any atom is -0.293 e. The van der Waals surface area contributed by atoms with Gasteiger partial charge in [-0.2, -0.15) is 0 Å². The van der Waals surface area contributed by atoms with E-state index in [2.05, 4.69) is 25.9 Å². The van der Waals surface area contributed by atoms with Crippen LogP contribution in [0.3, 0.4) is 0 Å². The van der Waals surface area contributed by atoms with E-state index in [9.17, 15) is 4.79 Å². The summed E-state index contributed by atoms with van der Waals surface area (Å²) in [4.78, 5) is 20.3. The summed E-state index contributed by atoms with van der Waals surface area (Å²) in [6.45, 7) is 1.88. The fraction of sp³-hybridized carbons (Fsp3) is 0.154. The van der Waals surface area contributed by atoms with Gasteiger partial charge in [0.1, 0.15) is 5.03 Å². The molecule has 0 aliphatic heterocycles. The van der Waals surface area contributed by atoms with E-state index in [1.165, 1.54) is 11.8 Å². The number of nitrogens with zero attached hydrogens (tertiary/aromatic N) is 2. The van der Waals surface area contributed by atoms with Gasteiger partial charge in [-0.1, -0.05) is 39.8 Å². The monoisotopic (exact) mass is 322 g/mol. The summed E-state index contributed by atoms with van der Waals surface area (Å²) in [5, 5.41) is 0.582. The first kappa shape index (κ1) is 13.2. The number of hydrogen-bond acceptors (Lipinski definition) is 4. The van der Waals surface area contributed by atoms with Gasteiger partial charge in [0.2, 0.25) is 0 Å². The molecule has 2 aromatic rings. The van der Waals surface area contributed by atoms with Gasteiger partial charge in [0, 0.05) is 22.4 Å². The van der Waals surface area contributed by atoms with Crippen molar-refractivity contribution in [3.63, 3.8) is 0 Å². The van der Waals surface area contributed by atoms with Crippen molar-refractivity contribution in [2.24, 2.45) is 0 Å². The van der Waals surface area contributed by atoms with E-state index in [4.69, 9.17) is 0 Å². The summed E-state index contributed by atoms with van der Waals surface area (Å²) in [6.07, 6.45) is 4.90. The average Bonchev–Trinajstić information content (AvgIpc) is 2.40. The molecule has 0 aliphatic rings. The highest BCUT2D eigenvalue weighted by Crippen LogP contribution is 2.23. The summed E-state index contributed by atoms with van der Waals surface area (Å²) < 4.78 is 0.966. The normalized spacial score (nSPS) is 12.1. The predicted octanol–water partition coefficient (Wildman–Crippen LogP) is 3.60. The SMILES string of the molecule is CC(Sc1cnccn1)C(=O)c1ccc(Br)cc1. The number of benzene rings is 1. The first-order chi connectivity index (χ1) is 8.66. The molecule has 1 aromatic carbocycles. The van der Waals surface area contributed by atoms with E-state index in [0.717, 1.165) is 9.50 Å². The van der Waals surface area contributed by atoms with Crippen LogP contribution >= 0.6 is 27.7 Å². The summed E-state index contributed by atoms with van der Waals surface area (Å²) in [5.41, 5.74) is 0.710. The zero-order valence-electron chi connectivity index (χ0n) is 9.71. The maximum absolute atomic E-state index is 12.2. The van der Waals surface area contributed by atoms with Crippen molar-refractivity contribution < 1.29 is 4.79 Å². The number of aromatic nitrogens is 2. The number of carbonyl (C=O) groups excluding carboxylic acids is 1. The van der Waals surface area contributed by atoms with Crippen molar-refractivity contribution >= 4 is 33.5 Å². The molecule has 2 rings (SSSR count). The summed E-state index contributed by atoms with van der Waals surface area (Å²) in [7, 11) is 0. The van der Waals surface area contributed by atoms with Crippen LogP contribution in [0, 0.1) is 0 Å². The highest BCUT2D eigenvalue weighted by molar-refractivity contribution is 9.10. The Balaban J connectivity index is 2.07. The Morgan fingerprint density at radius 1 is 1.28 bits per heavy atom. The standard InChI is InChI=1S/C13H11BrN2OS/c1-9(18-12-8-15-6-7-16-12)13(17)10-2-4-11(14)5-3-10/h2-9H,1H3. The van der Waals surface area contributed by atoms with Crippen molar-refractivity contribution in [2.75, 3.05) is 0 Å². The second kappa shape index (κ2) is 6.11. The Morgan fingerprint density at radius 2 is 2.00 bits per heavy atom. The lowest BCUT2D eigenvalue weighted by atomic mass is 10.1. The molecule has 1 aromatic heterocycles. The van der Waals surface area contributed by atoms with Crippen LogP contribution in [0.25, 0.3) is 0 Å². The predicted molar refractivity (Wildman–Crippen MR) is 75.8 cm³/mol. The molecule has 0 saturated heterocycles. The average molecular weight is 323 g/mol.